The standard InChI is InChI=1S/C19H27N3O2/c1-4-21-9-11-22(12-10-21)8-7-19(23)20-16-5-6-18-17(13-16)14(2)15(3)24-18/h5-6,13H,4,7-12H2,1-3H3,(H,20,23). The molecule has 0 bridgehead atoms. The van der Waals surface area contributed by atoms with Gasteiger partial charge in [0.15, 0.2) is 0 Å². The normalized spacial score (nSPS) is 16.6. The SMILES string of the molecule is CCN1CCN(CCC(=O)Nc2ccc3oc(C)c(C)c3c2)CC1. The Hall–Kier alpha value is -1.85. The first-order valence-corrected chi connectivity index (χ1v) is 8.81. The Kier molecular flexibility index (Phi) is 5.21. The van der Waals surface area contributed by atoms with Crippen molar-refractivity contribution < 1.29 is 9.21 Å². The van der Waals surface area contributed by atoms with Gasteiger partial charge in [0.25, 0.3) is 0 Å². The fourth-order valence-corrected chi connectivity index (χ4v) is 3.23. The molecule has 1 fully saturated rings. The highest BCUT2D eigenvalue weighted by molar-refractivity contribution is 5.94. The summed E-state index contributed by atoms with van der Waals surface area (Å²) in [5, 5.41) is 4.08. The Balaban J connectivity index is 1.52. The molecule has 0 spiro atoms. The number of aryl methyl sites for hydroxylation is 2. The third kappa shape index (κ3) is 3.79. The van der Waals surface area contributed by atoms with Gasteiger partial charge in [0.1, 0.15) is 11.3 Å². The number of fused-ring (bicyclic) bond motifs is 1. The predicted molar refractivity (Wildman–Crippen MR) is 97.5 cm³/mol. The van der Waals surface area contributed by atoms with Gasteiger partial charge in [0.2, 0.25) is 5.91 Å². The monoisotopic (exact) mass is 329 g/mol. The number of nitrogens with zero attached hydrogens (tertiary/aromatic N) is 2. The zero-order chi connectivity index (χ0) is 17.1. The first-order chi connectivity index (χ1) is 11.6. The van der Waals surface area contributed by atoms with Gasteiger partial charge in [-0.3, -0.25) is 4.79 Å². The second-order valence-corrected chi connectivity index (χ2v) is 6.57. The number of hydrogen-bond donors (Lipinski definition) is 1. The fourth-order valence-electron chi connectivity index (χ4n) is 3.23. The molecule has 0 radical (unpaired) electrons. The van der Waals surface area contributed by atoms with E-state index in [0.717, 1.165) is 67.2 Å². The third-order valence-corrected chi connectivity index (χ3v) is 5.03. The minimum atomic E-state index is 0.0742. The van der Waals surface area contributed by atoms with Crippen molar-refractivity contribution in [1.29, 1.82) is 0 Å². The molecule has 1 saturated heterocycles. The summed E-state index contributed by atoms with van der Waals surface area (Å²) >= 11 is 0. The molecule has 0 atom stereocenters. The van der Waals surface area contributed by atoms with Crippen LogP contribution in [0.5, 0.6) is 0 Å². The summed E-state index contributed by atoms with van der Waals surface area (Å²) in [5.41, 5.74) is 2.85. The number of hydrogen-bond acceptors (Lipinski definition) is 4. The predicted octanol–water partition coefficient (Wildman–Crippen LogP) is 3.02. The van der Waals surface area contributed by atoms with E-state index in [1.54, 1.807) is 0 Å². The number of carbonyl (C=O) groups is 1. The number of benzene rings is 1. The molecule has 3 rings (SSSR count). The van der Waals surface area contributed by atoms with Crippen LogP contribution in [0.25, 0.3) is 11.0 Å². The first kappa shape index (κ1) is 17.0. The summed E-state index contributed by atoms with van der Waals surface area (Å²) in [5.74, 6) is 1.00. The summed E-state index contributed by atoms with van der Waals surface area (Å²) in [6.07, 6.45) is 0.535. The maximum Gasteiger partial charge on any atom is 0.225 e. The van der Waals surface area contributed by atoms with Crippen molar-refractivity contribution >= 4 is 22.6 Å². The van der Waals surface area contributed by atoms with E-state index in [2.05, 4.69) is 22.0 Å². The van der Waals surface area contributed by atoms with Gasteiger partial charge in [-0.2, -0.15) is 0 Å². The van der Waals surface area contributed by atoms with Crippen molar-refractivity contribution in [2.75, 3.05) is 44.6 Å². The van der Waals surface area contributed by atoms with Gasteiger partial charge < -0.3 is 19.5 Å². The quantitative estimate of drug-likeness (QED) is 0.916. The molecule has 0 unspecified atom stereocenters. The van der Waals surface area contributed by atoms with Crippen molar-refractivity contribution in [1.82, 2.24) is 9.80 Å². The van der Waals surface area contributed by atoms with Gasteiger partial charge >= 0.3 is 0 Å². The van der Waals surface area contributed by atoms with Crippen LogP contribution in [-0.4, -0.2) is 55.0 Å². The summed E-state index contributed by atoms with van der Waals surface area (Å²) in [4.78, 5) is 17.0. The Morgan fingerprint density at radius 2 is 1.88 bits per heavy atom. The van der Waals surface area contributed by atoms with Crippen LogP contribution in [-0.2, 0) is 4.79 Å². The lowest BCUT2D eigenvalue weighted by atomic mass is 10.1. The molecule has 2 aromatic rings. The van der Waals surface area contributed by atoms with Crippen LogP contribution in [0.4, 0.5) is 5.69 Å². The van der Waals surface area contributed by atoms with Crippen molar-refractivity contribution in [3.8, 4) is 0 Å². The van der Waals surface area contributed by atoms with Gasteiger partial charge in [0, 0.05) is 50.2 Å². The minimum Gasteiger partial charge on any atom is -0.461 e. The van der Waals surface area contributed by atoms with E-state index < -0.39 is 0 Å². The molecule has 0 saturated carbocycles. The van der Waals surface area contributed by atoms with Crippen LogP contribution >= 0.6 is 0 Å². The van der Waals surface area contributed by atoms with E-state index in [4.69, 9.17) is 4.42 Å². The molecular formula is C19H27N3O2. The second kappa shape index (κ2) is 7.36. The Morgan fingerprint density at radius 1 is 1.17 bits per heavy atom. The molecule has 1 N–H and O–H groups in total. The molecule has 2 heterocycles. The molecule has 24 heavy (non-hydrogen) atoms. The maximum atomic E-state index is 12.2. The van der Waals surface area contributed by atoms with E-state index in [-0.39, 0.29) is 5.91 Å². The van der Waals surface area contributed by atoms with Gasteiger partial charge in [0.05, 0.1) is 0 Å². The highest BCUT2D eigenvalue weighted by Gasteiger charge is 2.16. The van der Waals surface area contributed by atoms with E-state index in [1.807, 2.05) is 32.0 Å². The fraction of sp³-hybridized carbons (Fsp3) is 0.526. The zero-order valence-electron chi connectivity index (χ0n) is 14.9. The largest absolute Gasteiger partial charge is 0.461 e. The van der Waals surface area contributed by atoms with E-state index in [9.17, 15) is 4.79 Å². The van der Waals surface area contributed by atoms with Crippen LogP contribution in [0.3, 0.4) is 0 Å². The number of amides is 1. The Labute approximate surface area is 143 Å². The second-order valence-electron chi connectivity index (χ2n) is 6.57. The number of nitrogens with one attached hydrogen (secondary N) is 1. The van der Waals surface area contributed by atoms with Crippen LogP contribution < -0.4 is 5.32 Å². The molecule has 1 aromatic heterocycles. The number of rotatable bonds is 5. The van der Waals surface area contributed by atoms with Crippen molar-refractivity contribution in [2.24, 2.45) is 0 Å². The molecular weight excluding hydrogens is 302 g/mol. The third-order valence-electron chi connectivity index (χ3n) is 5.03. The average molecular weight is 329 g/mol. The molecule has 1 amide bonds. The van der Waals surface area contributed by atoms with Crippen LogP contribution in [0.15, 0.2) is 22.6 Å². The van der Waals surface area contributed by atoms with Crippen molar-refractivity contribution in [2.45, 2.75) is 27.2 Å². The Bertz CT molecular complexity index is 715. The zero-order valence-corrected chi connectivity index (χ0v) is 14.9. The number of likely N-dealkylation sites (N-methyl/N-ethyl adjacent to an activating group) is 1. The topological polar surface area (TPSA) is 48.7 Å². The average Bonchev–Trinajstić information content (AvgIpc) is 2.88. The van der Waals surface area contributed by atoms with Crippen molar-refractivity contribution in [3.05, 3.63) is 29.5 Å². The van der Waals surface area contributed by atoms with Gasteiger partial charge in [-0.25, -0.2) is 0 Å². The van der Waals surface area contributed by atoms with E-state index in [1.165, 1.54) is 0 Å². The van der Waals surface area contributed by atoms with Crippen LogP contribution in [0.2, 0.25) is 0 Å². The summed E-state index contributed by atoms with van der Waals surface area (Å²) < 4.78 is 5.68. The van der Waals surface area contributed by atoms with E-state index in [0.29, 0.717) is 6.42 Å². The number of piperazine rings is 1. The van der Waals surface area contributed by atoms with Gasteiger partial charge in [-0.1, -0.05) is 6.92 Å². The van der Waals surface area contributed by atoms with Crippen LogP contribution in [0.1, 0.15) is 24.7 Å². The molecule has 0 aliphatic carbocycles. The molecule has 5 nitrogen and oxygen atoms in total. The summed E-state index contributed by atoms with van der Waals surface area (Å²) in [7, 11) is 0. The number of anilines is 1. The molecule has 1 aliphatic heterocycles. The number of furan rings is 1. The maximum absolute atomic E-state index is 12.2. The van der Waals surface area contributed by atoms with Crippen molar-refractivity contribution in [3.63, 3.8) is 0 Å². The lowest BCUT2D eigenvalue weighted by molar-refractivity contribution is -0.116. The lowest BCUT2D eigenvalue weighted by Gasteiger charge is -2.33. The smallest absolute Gasteiger partial charge is 0.225 e. The number of carbonyl (C=O) groups excluding carboxylic acids is 1. The van der Waals surface area contributed by atoms with E-state index >= 15 is 0 Å². The highest BCUT2D eigenvalue weighted by atomic mass is 16.3. The van der Waals surface area contributed by atoms with Gasteiger partial charge in [-0.05, 0) is 44.2 Å². The first-order valence-electron chi connectivity index (χ1n) is 8.81. The molecule has 5 heteroatoms. The van der Waals surface area contributed by atoms with Crippen LogP contribution in [0, 0.1) is 13.8 Å². The van der Waals surface area contributed by atoms with Gasteiger partial charge in [-0.15, -0.1) is 0 Å². The summed E-state index contributed by atoms with van der Waals surface area (Å²) in [6.45, 7) is 12.5. The minimum absolute atomic E-state index is 0.0742. The summed E-state index contributed by atoms with van der Waals surface area (Å²) in [6, 6.07) is 5.83. The molecule has 1 aromatic carbocycles. The lowest BCUT2D eigenvalue weighted by Crippen LogP contribution is -2.46. The highest BCUT2D eigenvalue weighted by Crippen LogP contribution is 2.27. The Morgan fingerprint density at radius 3 is 2.58 bits per heavy atom. The molecule has 130 valence electrons. The molecule has 1 aliphatic rings.